The molecule has 0 atom stereocenters. The van der Waals surface area contributed by atoms with Gasteiger partial charge in [0.2, 0.25) is 5.91 Å². The number of hydrogen-bond donors (Lipinski definition) is 0. The highest BCUT2D eigenvalue weighted by molar-refractivity contribution is 5.77. The van der Waals surface area contributed by atoms with E-state index in [4.69, 9.17) is 4.74 Å². The van der Waals surface area contributed by atoms with Crippen LogP contribution < -0.4 is 4.74 Å². The molecule has 0 aromatic heterocycles. The maximum atomic E-state index is 11.4. The van der Waals surface area contributed by atoms with Crippen molar-refractivity contribution >= 4 is 5.91 Å². The van der Waals surface area contributed by atoms with Gasteiger partial charge in [-0.2, -0.15) is 0 Å². The lowest BCUT2D eigenvalue weighted by atomic mass is 10.1. The second-order valence-corrected chi connectivity index (χ2v) is 4.96. The molecular formula is C15H21NO2. The zero-order valence-corrected chi connectivity index (χ0v) is 11.2. The monoisotopic (exact) mass is 247 g/mol. The standard InChI is InChI=1S/C15H21NO2/c1-12-6-7-14(13(2)11-12)18-10-4-9-16-8-3-5-15(16)17/h6-7,11H,3-5,8-10H2,1-2H3. The maximum Gasteiger partial charge on any atom is 0.222 e. The topological polar surface area (TPSA) is 29.5 Å². The Morgan fingerprint density at radius 2 is 2.17 bits per heavy atom. The van der Waals surface area contributed by atoms with Crippen LogP contribution >= 0.6 is 0 Å². The summed E-state index contributed by atoms with van der Waals surface area (Å²) >= 11 is 0. The summed E-state index contributed by atoms with van der Waals surface area (Å²) in [6.07, 6.45) is 2.63. The average Bonchev–Trinajstić information content (AvgIpc) is 2.73. The Hall–Kier alpha value is -1.51. The molecule has 1 aliphatic rings. The highest BCUT2D eigenvalue weighted by atomic mass is 16.5. The normalized spacial score (nSPS) is 15.2. The minimum absolute atomic E-state index is 0.293. The molecule has 98 valence electrons. The Kier molecular flexibility index (Phi) is 4.24. The summed E-state index contributed by atoms with van der Waals surface area (Å²) in [4.78, 5) is 13.4. The quantitative estimate of drug-likeness (QED) is 0.749. The lowest BCUT2D eigenvalue weighted by molar-refractivity contribution is -0.127. The first kappa shape index (κ1) is 12.9. The van der Waals surface area contributed by atoms with E-state index in [-0.39, 0.29) is 0 Å². The molecule has 0 radical (unpaired) electrons. The summed E-state index contributed by atoms with van der Waals surface area (Å²) in [6.45, 7) is 6.56. The molecule has 1 aromatic carbocycles. The number of aryl methyl sites for hydroxylation is 2. The van der Waals surface area contributed by atoms with Crippen LogP contribution in [0.2, 0.25) is 0 Å². The molecule has 1 amide bonds. The zero-order chi connectivity index (χ0) is 13.0. The Balaban J connectivity index is 1.73. The number of nitrogens with zero attached hydrogens (tertiary/aromatic N) is 1. The first-order valence-corrected chi connectivity index (χ1v) is 6.64. The van der Waals surface area contributed by atoms with Crippen LogP contribution in [0.5, 0.6) is 5.75 Å². The smallest absolute Gasteiger partial charge is 0.222 e. The summed E-state index contributed by atoms with van der Waals surface area (Å²) in [5, 5.41) is 0. The van der Waals surface area contributed by atoms with Crippen LogP contribution in [0.25, 0.3) is 0 Å². The molecule has 1 fully saturated rings. The lowest BCUT2D eigenvalue weighted by Gasteiger charge is -2.16. The van der Waals surface area contributed by atoms with Gasteiger partial charge in [-0.1, -0.05) is 17.7 Å². The highest BCUT2D eigenvalue weighted by Gasteiger charge is 2.18. The second kappa shape index (κ2) is 5.89. The molecule has 3 nitrogen and oxygen atoms in total. The third-order valence-electron chi connectivity index (χ3n) is 3.33. The largest absolute Gasteiger partial charge is 0.493 e. The van der Waals surface area contributed by atoms with Crippen LogP contribution in [0.15, 0.2) is 18.2 Å². The minimum atomic E-state index is 0.293. The van der Waals surface area contributed by atoms with Gasteiger partial charge in [0.1, 0.15) is 5.75 Å². The molecule has 0 bridgehead atoms. The van der Waals surface area contributed by atoms with Gasteiger partial charge in [-0.15, -0.1) is 0 Å². The van der Waals surface area contributed by atoms with Crippen molar-refractivity contribution in [2.45, 2.75) is 33.1 Å². The number of likely N-dealkylation sites (tertiary alicyclic amines) is 1. The number of amides is 1. The Labute approximate surface area is 109 Å². The highest BCUT2D eigenvalue weighted by Crippen LogP contribution is 2.19. The van der Waals surface area contributed by atoms with E-state index in [1.807, 2.05) is 11.0 Å². The fourth-order valence-corrected chi connectivity index (χ4v) is 2.34. The van der Waals surface area contributed by atoms with Crippen molar-refractivity contribution in [1.29, 1.82) is 0 Å². The van der Waals surface area contributed by atoms with Crippen LogP contribution in [0.1, 0.15) is 30.4 Å². The van der Waals surface area contributed by atoms with Crippen molar-refractivity contribution in [2.24, 2.45) is 0 Å². The van der Waals surface area contributed by atoms with Gasteiger partial charge in [0.05, 0.1) is 6.61 Å². The summed E-state index contributed by atoms with van der Waals surface area (Å²) in [5.41, 5.74) is 2.43. The van der Waals surface area contributed by atoms with Gasteiger partial charge >= 0.3 is 0 Å². The van der Waals surface area contributed by atoms with Gasteiger partial charge in [-0.05, 0) is 38.3 Å². The van der Waals surface area contributed by atoms with Gasteiger partial charge in [0, 0.05) is 19.5 Å². The van der Waals surface area contributed by atoms with E-state index >= 15 is 0 Å². The van der Waals surface area contributed by atoms with Gasteiger partial charge in [-0.3, -0.25) is 4.79 Å². The van der Waals surface area contributed by atoms with Crippen LogP contribution in [-0.2, 0) is 4.79 Å². The number of ether oxygens (including phenoxy) is 1. The molecule has 0 spiro atoms. The Bertz CT molecular complexity index is 429. The molecule has 0 unspecified atom stereocenters. The summed E-state index contributed by atoms with van der Waals surface area (Å²) < 4.78 is 5.75. The van der Waals surface area contributed by atoms with Crippen LogP contribution in [-0.4, -0.2) is 30.5 Å². The van der Waals surface area contributed by atoms with Crippen LogP contribution in [0, 0.1) is 13.8 Å². The lowest BCUT2D eigenvalue weighted by Crippen LogP contribution is -2.26. The number of benzene rings is 1. The van der Waals surface area contributed by atoms with E-state index < -0.39 is 0 Å². The molecule has 1 saturated heterocycles. The number of carbonyl (C=O) groups is 1. The molecule has 1 aromatic rings. The number of carbonyl (C=O) groups excluding carboxylic acids is 1. The third kappa shape index (κ3) is 3.25. The second-order valence-electron chi connectivity index (χ2n) is 4.96. The molecule has 0 aliphatic carbocycles. The predicted molar refractivity (Wildman–Crippen MR) is 71.8 cm³/mol. The van der Waals surface area contributed by atoms with Crippen LogP contribution in [0.3, 0.4) is 0 Å². The van der Waals surface area contributed by atoms with E-state index in [2.05, 4.69) is 26.0 Å². The van der Waals surface area contributed by atoms with Gasteiger partial charge in [0.15, 0.2) is 0 Å². The molecule has 1 heterocycles. The average molecular weight is 247 g/mol. The molecule has 0 saturated carbocycles. The molecule has 1 aliphatic heterocycles. The summed E-state index contributed by atoms with van der Waals surface area (Å²) in [5.74, 6) is 1.25. The minimum Gasteiger partial charge on any atom is -0.493 e. The Morgan fingerprint density at radius 3 is 2.83 bits per heavy atom. The number of hydrogen-bond acceptors (Lipinski definition) is 2. The molecule has 0 N–H and O–H groups in total. The molecule has 18 heavy (non-hydrogen) atoms. The SMILES string of the molecule is Cc1ccc(OCCCN2CCCC2=O)c(C)c1. The fraction of sp³-hybridized carbons (Fsp3) is 0.533. The van der Waals surface area contributed by atoms with Gasteiger partial charge in [0.25, 0.3) is 0 Å². The van der Waals surface area contributed by atoms with E-state index in [0.717, 1.165) is 38.1 Å². The van der Waals surface area contributed by atoms with Gasteiger partial charge in [-0.25, -0.2) is 0 Å². The van der Waals surface area contributed by atoms with Crippen molar-refractivity contribution in [3.8, 4) is 5.75 Å². The van der Waals surface area contributed by atoms with E-state index in [1.54, 1.807) is 0 Å². The summed E-state index contributed by atoms with van der Waals surface area (Å²) in [6, 6.07) is 6.21. The first-order chi connectivity index (χ1) is 8.66. The van der Waals surface area contributed by atoms with Crippen molar-refractivity contribution in [2.75, 3.05) is 19.7 Å². The molecular weight excluding hydrogens is 226 g/mol. The van der Waals surface area contributed by atoms with Gasteiger partial charge < -0.3 is 9.64 Å². The van der Waals surface area contributed by atoms with Crippen molar-refractivity contribution < 1.29 is 9.53 Å². The van der Waals surface area contributed by atoms with Crippen molar-refractivity contribution in [3.63, 3.8) is 0 Å². The van der Waals surface area contributed by atoms with Crippen molar-refractivity contribution in [1.82, 2.24) is 4.90 Å². The zero-order valence-electron chi connectivity index (χ0n) is 11.2. The first-order valence-electron chi connectivity index (χ1n) is 6.64. The Morgan fingerprint density at radius 1 is 1.33 bits per heavy atom. The summed E-state index contributed by atoms with van der Waals surface area (Å²) in [7, 11) is 0. The van der Waals surface area contributed by atoms with Crippen molar-refractivity contribution in [3.05, 3.63) is 29.3 Å². The van der Waals surface area contributed by atoms with E-state index in [1.165, 1.54) is 11.1 Å². The third-order valence-corrected chi connectivity index (χ3v) is 3.33. The molecule has 2 rings (SSSR count). The van der Waals surface area contributed by atoms with E-state index in [0.29, 0.717) is 12.5 Å². The van der Waals surface area contributed by atoms with Crippen LogP contribution in [0.4, 0.5) is 0 Å². The van der Waals surface area contributed by atoms with E-state index in [9.17, 15) is 4.79 Å². The number of rotatable bonds is 5. The maximum absolute atomic E-state index is 11.4. The fourth-order valence-electron chi connectivity index (χ4n) is 2.34. The predicted octanol–water partition coefficient (Wildman–Crippen LogP) is 2.69. The molecule has 3 heteroatoms.